The molecule has 0 aliphatic carbocycles. The summed E-state index contributed by atoms with van der Waals surface area (Å²) in [4.78, 5) is 0. The molecule has 0 aliphatic rings. The van der Waals surface area contributed by atoms with Crippen LogP contribution in [-0.2, 0) is 10.6 Å². The molecule has 0 heterocycles. The van der Waals surface area contributed by atoms with E-state index in [-0.39, 0.29) is 0 Å². The normalized spacial score (nSPS) is 12.5. The van der Waals surface area contributed by atoms with Gasteiger partial charge in [-0.15, -0.1) is 0 Å². The summed E-state index contributed by atoms with van der Waals surface area (Å²) in [6, 6.07) is 0. The second kappa shape index (κ2) is 29.5. The molecule has 0 rings (SSSR count). The molecule has 39 heavy (non-hydrogen) atoms. The van der Waals surface area contributed by atoms with E-state index in [1.54, 1.807) is 0 Å². The number of hydrogen-bond acceptors (Lipinski definition) is 4. The molecule has 0 aromatic heterocycles. The van der Waals surface area contributed by atoms with Crippen LogP contribution in [-0.4, -0.2) is 58.6 Å². The molecule has 0 radical (unpaired) electrons. The maximum atomic E-state index is 7.57. The van der Waals surface area contributed by atoms with Crippen LogP contribution in [0.2, 0.25) is 13.3 Å². The van der Waals surface area contributed by atoms with Crippen LogP contribution < -0.4 is 0 Å². The van der Waals surface area contributed by atoms with Gasteiger partial charge in [0.1, 0.15) is 0 Å². The van der Waals surface area contributed by atoms with Crippen molar-refractivity contribution in [3.8, 4) is 0 Å². The Morgan fingerprint density at radius 3 is 1.05 bits per heavy atom. The first-order chi connectivity index (χ1) is 19.1. The average Bonchev–Trinajstić information content (AvgIpc) is 2.95. The van der Waals surface area contributed by atoms with Gasteiger partial charge in [-0.2, -0.15) is 0 Å². The van der Waals surface area contributed by atoms with Crippen molar-refractivity contribution in [1.82, 2.24) is 0 Å². The molecule has 0 amide bonds. The van der Waals surface area contributed by atoms with E-state index in [1.165, 1.54) is 124 Å². The molecule has 0 saturated carbocycles. The van der Waals surface area contributed by atoms with Crippen molar-refractivity contribution in [3.05, 3.63) is 0 Å². The van der Waals surface area contributed by atoms with Crippen LogP contribution in [0.4, 0.5) is 0 Å². The van der Waals surface area contributed by atoms with Crippen LogP contribution in [0.25, 0.3) is 0 Å². The third-order valence-corrected chi connectivity index (χ3v) is 37.5. The Bertz CT molecular complexity index is 468. The fraction of sp³-hybridized carbons (Fsp3) is 1.00. The van der Waals surface area contributed by atoms with Gasteiger partial charge in [-0.05, 0) is 0 Å². The molecular weight excluding hydrogens is 698 g/mol. The summed E-state index contributed by atoms with van der Waals surface area (Å²) in [5, 5.41) is 0. The topological polar surface area (TPSA) is 36.9 Å². The van der Waals surface area contributed by atoms with Gasteiger partial charge in [0, 0.05) is 0 Å². The Kier molecular flexibility index (Phi) is 30.6. The monoisotopic (exact) mass is 772 g/mol. The molecule has 0 saturated heterocycles. The SMILES string of the molecule is CCCCCCC[CH2][Sn]([CH2]CCCCCCC)([O]CCC)[O][Sn]([CH2]CCCCCCC)([O]CCC)[O]CCC. The van der Waals surface area contributed by atoms with Crippen molar-refractivity contribution in [1.29, 1.82) is 0 Å². The van der Waals surface area contributed by atoms with Gasteiger partial charge >= 0.3 is 259 Å². The minimum absolute atomic E-state index is 0.777. The fourth-order valence-corrected chi connectivity index (χ4v) is 42.0. The third kappa shape index (κ3) is 22.6. The molecule has 4 nitrogen and oxygen atoms in total. The van der Waals surface area contributed by atoms with Gasteiger partial charge in [0.2, 0.25) is 0 Å². The van der Waals surface area contributed by atoms with E-state index in [0.29, 0.717) is 0 Å². The Labute approximate surface area is 257 Å². The molecule has 0 fully saturated rings. The van der Waals surface area contributed by atoms with Gasteiger partial charge in [-0.1, -0.05) is 0 Å². The second-order valence-corrected chi connectivity index (χ2v) is 32.1. The van der Waals surface area contributed by atoms with E-state index in [1.807, 2.05) is 0 Å². The van der Waals surface area contributed by atoms with E-state index in [4.69, 9.17) is 10.6 Å². The van der Waals surface area contributed by atoms with E-state index in [9.17, 15) is 0 Å². The molecule has 0 aromatic rings. The Morgan fingerprint density at radius 2 is 0.667 bits per heavy atom. The van der Waals surface area contributed by atoms with Gasteiger partial charge in [0.25, 0.3) is 0 Å². The molecule has 236 valence electrons. The van der Waals surface area contributed by atoms with Crippen LogP contribution >= 0.6 is 0 Å². The minimum atomic E-state index is -3.74. The van der Waals surface area contributed by atoms with Crippen molar-refractivity contribution in [2.45, 2.75) is 190 Å². The van der Waals surface area contributed by atoms with Crippen LogP contribution in [0.5, 0.6) is 0 Å². The summed E-state index contributed by atoms with van der Waals surface area (Å²) in [6.45, 7) is 16.0. The predicted octanol–water partition coefficient (Wildman–Crippen LogP) is 11.7. The van der Waals surface area contributed by atoms with Crippen molar-refractivity contribution in [2.24, 2.45) is 0 Å². The third-order valence-electron chi connectivity index (χ3n) is 7.62. The van der Waals surface area contributed by atoms with E-state index in [2.05, 4.69) is 41.5 Å². The Morgan fingerprint density at radius 1 is 0.333 bits per heavy atom. The molecule has 0 aliphatic heterocycles. The predicted molar refractivity (Wildman–Crippen MR) is 176 cm³/mol. The van der Waals surface area contributed by atoms with Gasteiger partial charge in [0.05, 0.1) is 0 Å². The molecule has 0 N–H and O–H groups in total. The van der Waals surface area contributed by atoms with Gasteiger partial charge in [-0.25, -0.2) is 0 Å². The van der Waals surface area contributed by atoms with Crippen LogP contribution in [0.1, 0.15) is 176 Å². The molecule has 0 bridgehead atoms. The van der Waals surface area contributed by atoms with Crippen LogP contribution in [0.3, 0.4) is 0 Å². The molecule has 6 heteroatoms. The van der Waals surface area contributed by atoms with Gasteiger partial charge < -0.3 is 0 Å². The Balaban J connectivity index is 5.76. The zero-order valence-electron chi connectivity index (χ0n) is 27.7. The zero-order chi connectivity index (χ0) is 28.9. The standard InChI is InChI=1S/3C8H17.3C3H7O.O.2Sn/c3*1-3-5-7-8-6-4-2;3*1-2-3-4;;;/h3*1,3-8H2,2H3;3*2-3H2,1H3;;;/q;;;3*-1;;+1;+2. The fourth-order valence-electron chi connectivity index (χ4n) is 5.25. The average molecular weight is 770 g/mol. The van der Waals surface area contributed by atoms with Gasteiger partial charge in [-0.3, -0.25) is 0 Å². The summed E-state index contributed by atoms with van der Waals surface area (Å²) in [7, 11) is 0. The van der Waals surface area contributed by atoms with Crippen LogP contribution in [0, 0.1) is 0 Å². The van der Waals surface area contributed by atoms with Crippen molar-refractivity contribution >= 4 is 38.8 Å². The second-order valence-electron chi connectivity index (χ2n) is 11.8. The van der Waals surface area contributed by atoms with Crippen molar-refractivity contribution < 1.29 is 10.6 Å². The summed E-state index contributed by atoms with van der Waals surface area (Å²) in [5.41, 5.74) is 0. The first kappa shape index (κ1) is 40.4. The summed E-state index contributed by atoms with van der Waals surface area (Å²) in [5.74, 6) is 0. The Hall–Kier alpha value is 1.44. The molecule has 0 aromatic carbocycles. The zero-order valence-corrected chi connectivity index (χ0v) is 33.4. The van der Waals surface area contributed by atoms with Crippen molar-refractivity contribution in [3.63, 3.8) is 0 Å². The molecule has 0 atom stereocenters. The first-order valence-corrected chi connectivity index (χ1v) is 29.6. The van der Waals surface area contributed by atoms with Gasteiger partial charge in [0.15, 0.2) is 0 Å². The first-order valence-electron chi connectivity index (χ1n) is 17.7. The quantitative estimate of drug-likeness (QED) is 0.0504. The number of unbranched alkanes of at least 4 members (excludes halogenated alkanes) is 15. The number of hydrogen-bond donors (Lipinski definition) is 0. The summed E-state index contributed by atoms with van der Waals surface area (Å²) in [6.07, 6.45) is 26.9. The van der Waals surface area contributed by atoms with E-state index < -0.39 is 38.8 Å². The molecular formula is C33H72O4Sn2. The van der Waals surface area contributed by atoms with Crippen molar-refractivity contribution in [2.75, 3.05) is 19.8 Å². The number of rotatable bonds is 32. The van der Waals surface area contributed by atoms with E-state index >= 15 is 0 Å². The maximum absolute atomic E-state index is 7.57. The molecule has 0 spiro atoms. The van der Waals surface area contributed by atoms with E-state index in [0.717, 1.165) is 43.5 Å². The summed E-state index contributed by atoms with van der Waals surface area (Å²) >= 11 is -7.14. The van der Waals surface area contributed by atoms with Crippen LogP contribution in [0.15, 0.2) is 0 Å². The molecule has 0 unspecified atom stereocenters. The summed E-state index contributed by atoms with van der Waals surface area (Å²) < 4.78 is 31.6.